The van der Waals surface area contributed by atoms with Gasteiger partial charge in [-0.2, -0.15) is 16.1 Å². The third kappa shape index (κ3) is 2.69. The Morgan fingerprint density at radius 3 is 2.74 bits per heavy atom. The lowest BCUT2D eigenvalue weighted by atomic mass is 10.1. The number of fused-ring (bicyclic) bond motifs is 1. The molecule has 0 saturated carbocycles. The van der Waals surface area contributed by atoms with E-state index in [0.29, 0.717) is 18.0 Å². The smallest absolute Gasteiger partial charge is 0.207 e. The molecule has 0 spiro atoms. The van der Waals surface area contributed by atoms with Crippen LogP contribution in [-0.2, 0) is 22.9 Å². The lowest BCUT2D eigenvalue weighted by molar-refractivity contribution is 0.435. The van der Waals surface area contributed by atoms with Crippen LogP contribution < -0.4 is 0 Å². The summed E-state index contributed by atoms with van der Waals surface area (Å²) in [7, 11) is -3.29. The Bertz CT molecular complexity index is 561. The van der Waals surface area contributed by atoms with Crippen molar-refractivity contribution in [1.82, 2.24) is 4.31 Å². The highest BCUT2D eigenvalue weighted by atomic mass is 32.2. The zero-order valence-electron chi connectivity index (χ0n) is 11.0. The number of benzene rings is 1. The van der Waals surface area contributed by atoms with Gasteiger partial charge in [0.25, 0.3) is 0 Å². The normalized spacial score (nSPS) is 21.1. The average molecular weight is 297 g/mol. The van der Waals surface area contributed by atoms with Gasteiger partial charge in [0.2, 0.25) is 10.0 Å². The molecule has 0 bridgehead atoms. The van der Waals surface area contributed by atoms with E-state index in [4.69, 9.17) is 0 Å². The summed E-state index contributed by atoms with van der Waals surface area (Å²) in [4.78, 5) is 0.486. The van der Waals surface area contributed by atoms with Crippen LogP contribution in [0.1, 0.15) is 24.0 Å². The SMILES string of the molecule is O=S(=O)(c1ccc2c(c1)CCC2)N1CCCSCC1. The highest BCUT2D eigenvalue weighted by molar-refractivity contribution is 7.99. The number of hydrogen-bond acceptors (Lipinski definition) is 3. The van der Waals surface area contributed by atoms with Crippen molar-refractivity contribution >= 4 is 21.8 Å². The molecule has 0 aromatic heterocycles. The second kappa shape index (κ2) is 5.46. The zero-order valence-corrected chi connectivity index (χ0v) is 12.6. The first-order valence-electron chi connectivity index (χ1n) is 6.87. The third-order valence-corrected chi connectivity index (χ3v) is 6.83. The van der Waals surface area contributed by atoms with Crippen molar-refractivity contribution in [2.24, 2.45) is 0 Å². The number of thioether (sulfide) groups is 1. The van der Waals surface area contributed by atoms with Crippen LogP contribution in [0, 0.1) is 0 Å². The summed E-state index contributed by atoms with van der Waals surface area (Å²) in [6.07, 6.45) is 4.22. The predicted molar refractivity (Wildman–Crippen MR) is 79.2 cm³/mol. The summed E-state index contributed by atoms with van der Waals surface area (Å²) in [6.45, 7) is 1.30. The zero-order chi connectivity index (χ0) is 13.3. The molecule has 1 heterocycles. The van der Waals surface area contributed by atoms with Gasteiger partial charge in [-0.25, -0.2) is 8.42 Å². The van der Waals surface area contributed by atoms with Crippen molar-refractivity contribution in [3.05, 3.63) is 29.3 Å². The van der Waals surface area contributed by atoms with E-state index >= 15 is 0 Å². The summed E-state index contributed by atoms with van der Waals surface area (Å²) in [5, 5.41) is 0. The topological polar surface area (TPSA) is 37.4 Å². The van der Waals surface area contributed by atoms with E-state index in [-0.39, 0.29) is 0 Å². The van der Waals surface area contributed by atoms with Gasteiger partial charge in [-0.3, -0.25) is 0 Å². The van der Waals surface area contributed by atoms with Gasteiger partial charge in [-0.1, -0.05) is 6.07 Å². The van der Waals surface area contributed by atoms with E-state index < -0.39 is 10.0 Å². The van der Waals surface area contributed by atoms with E-state index in [2.05, 4.69) is 0 Å². The predicted octanol–water partition coefficient (Wildman–Crippen LogP) is 2.30. The molecule has 0 atom stereocenters. The van der Waals surface area contributed by atoms with Gasteiger partial charge in [0, 0.05) is 18.8 Å². The summed E-state index contributed by atoms with van der Waals surface area (Å²) >= 11 is 1.84. The first-order valence-corrected chi connectivity index (χ1v) is 9.47. The first kappa shape index (κ1) is 13.5. The van der Waals surface area contributed by atoms with Gasteiger partial charge >= 0.3 is 0 Å². The Labute approximate surface area is 119 Å². The van der Waals surface area contributed by atoms with E-state index in [9.17, 15) is 8.42 Å². The maximum absolute atomic E-state index is 12.7. The van der Waals surface area contributed by atoms with Crippen molar-refractivity contribution < 1.29 is 8.42 Å². The van der Waals surface area contributed by atoms with Crippen LogP contribution in [0.5, 0.6) is 0 Å². The maximum Gasteiger partial charge on any atom is 0.243 e. The molecular formula is C14H19NO2S2. The Morgan fingerprint density at radius 1 is 1.00 bits per heavy atom. The van der Waals surface area contributed by atoms with E-state index in [1.54, 1.807) is 10.4 Å². The standard InChI is InChI=1S/C14H19NO2S2/c16-19(17,15-7-2-9-18-10-8-15)14-6-5-12-3-1-4-13(12)11-14/h5-6,11H,1-4,7-10H2. The van der Waals surface area contributed by atoms with Crippen LogP contribution in [0.25, 0.3) is 0 Å². The van der Waals surface area contributed by atoms with Crippen molar-refractivity contribution in [3.63, 3.8) is 0 Å². The molecule has 104 valence electrons. The highest BCUT2D eigenvalue weighted by Crippen LogP contribution is 2.27. The van der Waals surface area contributed by atoms with Crippen LogP contribution >= 0.6 is 11.8 Å². The Morgan fingerprint density at radius 2 is 1.84 bits per heavy atom. The number of aryl methyl sites for hydroxylation is 2. The van der Waals surface area contributed by atoms with Gasteiger partial charge in [-0.05, 0) is 54.7 Å². The fraction of sp³-hybridized carbons (Fsp3) is 0.571. The fourth-order valence-electron chi connectivity index (χ4n) is 2.82. The van der Waals surface area contributed by atoms with Crippen LogP contribution in [-0.4, -0.2) is 37.3 Å². The van der Waals surface area contributed by atoms with E-state index in [0.717, 1.165) is 37.2 Å². The third-order valence-electron chi connectivity index (χ3n) is 3.89. The number of nitrogens with zero attached hydrogens (tertiary/aromatic N) is 1. The molecule has 5 heteroatoms. The van der Waals surface area contributed by atoms with Crippen molar-refractivity contribution in [3.8, 4) is 0 Å². The van der Waals surface area contributed by atoms with Crippen LogP contribution in [0.4, 0.5) is 0 Å². The van der Waals surface area contributed by atoms with Crippen LogP contribution in [0.2, 0.25) is 0 Å². The molecular weight excluding hydrogens is 278 g/mol. The molecule has 1 saturated heterocycles. The minimum atomic E-state index is -3.29. The molecule has 1 aliphatic carbocycles. The molecule has 3 rings (SSSR count). The molecule has 1 fully saturated rings. The van der Waals surface area contributed by atoms with Crippen molar-refractivity contribution in [2.75, 3.05) is 24.6 Å². The molecule has 1 aliphatic heterocycles. The van der Waals surface area contributed by atoms with Gasteiger partial charge in [-0.15, -0.1) is 0 Å². The first-order chi connectivity index (χ1) is 9.18. The average Bonchev–Trinajstić information content (AvgIpc) is 2.69. The minimum absolute atomic E-state index is 0.486. The van der Waals surface area contributed by atoms with E-state index in [1.807, 2.05) is 23.9 Å². The monoisotopic (exact) mass is 297 g/mol. The second-order valence-electron chi connectivity index (χ2n) is 5.15. The van der Waals surface area contributed by atoms with Crippen molar-refractivity contribution in [1.29, 1.82) is 0 Å². The van der Waals surface area contributed by atoms with Gasteiger partial charge < -0.3 is 0 Å². The summed E-state index contributed by atoms with van der Waals surface area (Å²) < 4.78 is 27.0. The lowest BCUT2D eigenvalue weighted by Gasteiger charge is -2.20. The van der Waals surface area contributed by atoms with Crippen molar-refractivity contribution in [2.45, 2.75) is 30.6 Å². The summed E-state index contributed by atoms with van der Waals surface area (Å²) in [5.74, 6) is 1.97. The quantitative estimate of drug-likeness (QED) is 0.840. The highest BCUT2D eigenvalue weighted by Gasteiger charge is 2.26. The molecule has 0 amide bonds. The number of sulfonamides is 1. The lowest BCUT2D eigenvalue weighted by Crippen LogP contribution is -2.33. The molecule has 0 N–H and O–H groups in total. The molecule has 1 aromatic carbocycles. The fourth-order valence-corrected chi connectivity index (χ4v) is 5.35. The summed E-state index contributed by atoms with van der Waals surface area (Å²) in [5.41, 5.74) is 2.55. The Hall–Kier alpha value is -0.520. The molecule has 3 nitrogen and oxygen atoms in total. The van der Waals surface area contributed by atoms with Gasteiger partial charge in [0.1, 0.15) is 0 Å². The molecule has 2 aliphatic rings. The Kier molecular flexibility index (Phi) is 3.87. The Balaban J connectivity index is 1.90. The number of hydrogen-bond donors (Lipinski definition) is 0. The van der Waals surface area contributed by atoms with Gasteiger partial charge in [0.05, 0.1) is 4.90 Å². The summed E-state index contributed by atoms with van der Waals surface area (Å²) in [6, 6.07) is 5.69. The number of rotatable bonds is 2. The van der Waals surface area contributed by atoms with E-state index in [1.165, 1.54) is 11.1 Å². The maximum atomic E-state index is 12.7. The molecule has 1 aromatic rings. The molecule has 19 heavy (non-hydrogen) atoms. The molecule has 0 unspecified atom stereocenters. The van der Waals surface area contributed by atoms with Crippen LogP contribution in [0.3, 0.4) is 0 Å². The largest absolute Gasteiger partial charge is 0.243 e. The second-order valence-corrected chi connectivity index (χ2v) is 8.32. The van der Waals surface area contributed by atoms with Gasteiger partial charge in [0.15, 0.2) is 0 Å². The van der Waals surface area contributed by atoms with Crippen LogP contribution in [0.15, 0.2) is 23.1 Å². The minimum Gasteiger partial charge on any atom is -0.207 e. The molecule has 0 radical (unpaired) electrons.